The fourth-order valence-electron chi connectivity index (χ4n) is 2.83. The molecule has 1 aromatic heterocycles. The van der Waals surface area contributed by atoms with Crippen molar-refractivity contribution in [2.45, 2.75) is 31.9 Å². The molecule has 0 aliphatic carbocycles. The van der Waals surface area contributed by atoms with Crippen LogP contribution in [0.25, 0.3) is 10.8 Å². The molecule has 1 amide bonds. The molecular formula is C16H19N3O3. The van der Waals surface area contributed by atoms with Crippen LogP contribution >= 0.6 is 0 Å². The zero-order valence-electron chi connectivity index (χ0n) is 12.7. The van der Waals surface area contributed by atoms with Crippen LogP contribution in [0.1, 0.15) is 30.3 Å². The van der Waals surface area contributed by atoms with Crippen LogP contribution in [0, 0.1) is 0 Å². The van der Waals surface area contributed by atoms with Gasteiger partial charge < -0.3 is 10.1 Å². The second-order valence-corrected chi connectivity index (χ2v) is 5.64. The first-order valence-electron chi connectivity index (χ1n) is 7.46. The summed E-state index contributed by atoms with van der Waals surface area (Å²) in [5.41, 5.74) is 0.0573. The summed E-state index contributed by atoms with van der Waals surface area (Å²) >= 11 is 0. The van der Waals surface area contributed by atoms with Gasteiger partial charge in [-0.2, -0.15) is 5.10 Å². The van der Waals surface area contributed by atoms with Crippen molar-refractivity contribution in [2.24, 2.45) is 7.05 Å². The van der Waals surface area contributed by atoms with E-state index in [0.29, 0.717) is 10.8 Å². The Hall–Kier alpha value is -2.21. The van der Waals surface area contributed by atoms with Gasteiger partial charge in [-0.3, -0.25) is 9.59 Å². The number of hydrogen-bond acceptors (Lipinski definition) is 4. The van der Waals surface area contributed by atoms with Crippen molar-refractivity contribution in [3.05, 3.63) is 40.3 Å². The van der Waals surface area contributed by atoms with Gasteiger partial charge >= 0.3 is 0 Å². The lowest BCUT2D eigenvalue weighted by atomic mass is 10.1. The SMILES string of the molecule is C[C@H](NC(=O)c1nn(C)c(=O)c2ccccc12)[C@@H]1CCCO1. The molecule has 6 heteroatoms. The normalized spacial score (nSPS) is 19.3. The minimum absolute atomic E-state index is 0.0442. The van der Waals surface area contributed by atoms with Gasteiger partial charge in [0, 0.05) is 19.0 Å². The molecule has 1 N–H and O–H groups in total. The quantitative estimate of drug-likeness (QED) is 0.925. The van der Waals surface area contributed by atoms with Crippen LogP contribution in [-0.2, 0) is 11.8 Å². The molecule has 22 heavy (non-hydrogen) atoms. The van der Waals surface area contributed by atoms with E-state index in [9.17, 15) is 9.59 Å². The predicted octanol–water partition coefficient (Wildman–Crippen LogP) is 1.23. The van der Waals surface area contributed by atoms with Gasteiger partial charge in [-0.25, -0.2) is 4.68 Å². The summed E-state index contributed by atoms with van der Waals surface area (Å²) in [5, 5.41) is 8.13. The summed E-state index contributed by atoms with van der Waals surface area (Å²) in [6.07, 6.45) is 2.01. The van der Waals surface area contributed by atoms with E-state index in [1.54, 1.807) is 31.3 Å². The van der Waals surface area contributed by atoms with Crippen molar-refractivity contribution in [3.63, 3.8) is 0 Å². The van der Waals surface area contributed by atoms with Gasteiger partial charge in [0.25, 0.3) is 11.5 Å². The first-order chi connectivity index (χ1) is 10.6. The van der Waals surface area contributed by atoms with Crippen molar-refractivity contribution >= 4 is 16.7 Å². The number of ether oxygens (including phenoxy) is 1. The van der Waals surface area contributed by atoms with E-state index in [1.165, 1.54) is 4.68 Å². The van der Waals surface area contributed by atoms with Crippen LogP contribution in [0.15, 0.2) is 29.1 Å². The van der Waals surface area contributed by atoms with Crippen LogP contribution in [0.3, 0.4) is 0 Å². The molecule has 0 bridgehead atoms. The van der Waals surface area contributed by atoms with E-state index in [1.807, 2.05) is 6.92 Å². The van der Waals surface area contributed by atoms with Gasteiger partial charge in [-0.1, -0.05) is 18.2 Å². The summed E-state index contributed by atoms with van der Waals surface area (Å²) in [6.45, 7) is 2.67. The average molecular weight is 301 g/mol. The van der Waals surface area contributed by atoms with Gasteiger partial charge in [0.2, 0.25) is 0 Å². The van der Waals surface area contributed by atoms with Crippen molar-refractivity contribution in [3.8, 4) is 0 Å². The van der Waals surface area contributed by atoms with Gasteiger partial charge in [0.05, 0.1) is 17.5 Å². The molecule has 1 saturated heterocycles. The molecule has 1 aliphatic heterocycles. The topological polar surface area (TPSA) is 73.2 Å². The minimum Gasteiger partial charge on any atom is -0.376 e. The molecule has 3 rings (SSSR count). The number of nitrogens with one attached hydrogen (secondary N) is 1. The number of fused-ring (bicyclic) bond motifs is 1. The Kier molecular flexibility index (Phi) is 3.94. The van der Waals surface area contributed by atoms with Gasteiger partial charge in [-0.15, -0.1) is 0 Å². The third-order valence-corrected chi connectivity index (χ3v) is 4.05. The fraction of sp³-hybridized carbons (Fsp3) is 0.438. The lowest BCUT2D eigenvalue weighted by Gasteiger charge is -2.20. The molecule has 0 saturated carbocycles. The summed E-state index contributed by atoms with van der Waals surface area (Å²) in [5.74, 6) is -0.283. The molecule has 1 aliphatic rings. The van der Waals surface area contributed by atoms with Crippen molar-refractivity contribution < 1.29 is 9.53 Å². The smallest absolute Gasteiger partial charge is 0.274 e. The highest BCUT2D eigenvalue weighted by Crippen LogP contribution is 2.17. The standard InChI is InChI=1S/C16H19N3O3/c1-10(13-8-5-9-22-13)17-15(20)14-11-6-3-4-7-12(11)16(21)19(2)18-14/h3-4,6-7,10,13H,5,8-9H2,1-2H3,(H,17,20)/t10-,13-/m0/s1. The summed E-state index contributed by atoms with van der Waals surface area (Å²) in [6, 6.07) is 6.94. The highest BCUT2D eigenvalue weighted by atomic mass is 16.5. The molecule has 0 unspecified atom stereocenters. The highest BCUT2D eigenvalue weighted by molar-refractivity contribution is 6.04. The maximum absolute atomic E-state index is 12.5. The molecule has 1 fully saturated rings. The van der Waals surface area contributed by atoms with E-state index < -0.39 is 0 Å². The summed E-state index contributed by atoms with van der Waals surface area (Å²) in [7, 11) is 1.55. The van der Waals surface area contributed by atoms with E-state index in [4.69, 9.17) is 4.74 Å². The molecule has 1 aromatic carbocycles. The maximum atomic E-state index is 12.5. The Labute approximate surface area is 128 Å². The average Bonchev–Trinajstić information content (AvgIpc) is 3.05. The van der Waals surface area contributed by atoms with E-state index in [-0.39, 0.29) is 29.3 Å². The first-order valence-corrected chi connectivity index (χ1v) is 7.46. The number of carbonyl (C=O) groups excluding carboxylic acids is 1. The van der Waals surface area contributed by atoms with E-state index in [0.717, 1.165) is 19.4 Å². The van der Waals surface area contributed by atoms with Crippen LogP contribution in [0.2, 0.25) is 0 Å². The number of aromatic nitrogens is 2. The zero-order valence-corrected chi connectivity index (χ0v) is 12.7. The second kappa shape index (κ2) is 5.88. The zero-order chi connectivity index (χ0) is 15.7. The number of hydrogen-bond donors (Lipinski definition) is 1. The maximum Gasteiger partial charge on any atom is 0.274 e. The molecule has 6 nitrogen and oxygen atoms in total. The number of amides is 1. The summed E-state index contributed by atoms with van der Waals surface area (Å²) < 4.78 is 6.79. The third-order valence-electron chi connectivity index (χ3n) is 4.05. The highest BCUT2D eigenvalue weighted by Gasteiger charge is 2.25. The number of rotatable bonds is 3. The third kappa shape index (κ3) is 2.62. The number of benzene rings is 1. The summed E-state index contributed by atoms with van der Waals surface area (Å²) in [4.78, 5) is 24.6. The van der Waals surface area contributed by atoms with Crippen molar-refractivity contribution in [2.75, 3.05) is 6.61 Å². The number of nitrogens with zero attached hydrogens (tertiary/aromatic N) is 2. The Bertz CT molecular complexity index is 763. The number of aryl methyl sites for hydroxylation is 1. The fourth-order valence-corrected chi connectivity index (χ4v) is 2.83. The predicted molar refractivity (Wildman–Crippen MR) is 82.9 cm³/mol. The monoisotopic (exact) mass is 301 g/mol. The largest absolute Gasteiger partial charge is 0.376 e. The Morgan fingerprint density at radius 3 is 2.82 bits per heavy atom. The Balaban J connectivity index is 1.94. The van der Waals surface area contributed by atoms with Crippen LogP contribution in [-0.4, -0.2) is 34.4 Å². The molecule has 2 heterocycles. The Morgan fingerprint density at radius 1 is 1.41 bits per heavy atom. The molecule has 0 radical (unpaired) electrons. The van der Waals surface area contributed by atoms with E-state index in [2.05, 4.69) is 10.4 Å². The van der Waals surface area contributed by atoms with Crippen LogP contribution < -0.4 is 10.9 Å². The lowest BCUT2D eigenvalue weighted by molar-refractivity contribution is 0.0709. The molecule has 2 aromatic rings. The molecule has 116 valence electrons. The Morgan fingerprint density at radius 2 is 2.14 bits per heavy atom. The molecule has 0 spiro atoms. The van der Waals surface area contributed by atoms with Crippen molar-refractivity contribution in [1.29, 1.82) is 0 Å². The van der Waals surface area contributed by atoms with Gasteiger partial charge in [0.1, 0.15) is 0 Å². The first kappa shape index (κ1) is 14.7. The molecular weight excluding hydrogens is 282 g/mol. The van der Waals surface area contributed by atoms with Crippen LogP contribution in [0.4, 0.5) is 0 Å². The van der Waals surface area contributed by atoms with Gasteiger partial charge in [0.15, 0.2) is 5.69 Å². The second-order valence-electron chi connectivity index (χ2n) is 5.64. The van der Waals surface area contributed by atoms with E-state index >= 15 is 0 Å². The van der Waals surface area contributed by atoms with Gasteiger partial charge in [-0.05, 0) is 25.8 Å². The van der Waals surface area contributed by atoms with Crippen LogP contribution in [0.5, 0.6) is 0 Å². The minimum atomic E-state index is -0.283. The number of carbonyl (C=O) groups is 1. The van der Waals surface area contributed by atoms with Crippen molar-refractivity contribution in [1.82, 2.24) is 15.1 Å². The molecule has 2 atom stereocenters. The lowest BCUT2D eigenvalue weighted by Crippen LogP contribution is -2.41.